The van der Waals surface area contributed by atoms with E-state index in [2.05, 4.69) is 4.99 Å². The number of benzene rings is 2. The molecule has 1 aromatic heterocycles. The lowest BCUT2D eigenvalue weighted by atomic mass is 9.95. The van der Waals surface area contributed by atoms with Gasteiger partial charge in [-0.1, -0.05) is 25.3 Å². The van der Waals surface area contributed by atoms with Crippen molar-refractivity contribution in [3.63, 3.8) is 0 Å². The number of aromatic nitrogens is 2. The number of hydrogen-bond acceptors (Lipinski definition) is 5. The van der Waals surface area contributed by atoms with Crippen LogP contribution in [0.2, 0.25) is 0 Å². The SMILES string of the molecule is CCOc1ccc2c(c1)n(C1CCCCC1)c(=O)n2Cc1ccc(N(C)C(N)=NC#N)cc1OC. The van der Waals surface area contributed by atoms with Crippen molar-refractivity contribution in [2.24, 2.45) is 10.7 Å². The maximum atomic E-state index is 13.8. The Morgan fingerprint density at radius 3 is 2.66 bits per heavy atom. The van der Waals surface area contributed by atoms with Crippen LogP contribution in [0.25, 0.3) is 11.0 Å². The second-order valence-electron chi connectivity index (χ2n) is 8.74. The number of rotatable bonds is 7. The maximum absolute atomic E-state index is 13.8. The molecule has 0 unspecified atom stereocenters. The number of aliphatic imine (C=N–C) groups is 1. The lowest BCUT2D eigenvalue weighted by Gasteiger charge is -2.23. The van der Waals surface area contributed by atoms with E-state index in [1.54, 1.807) is 25.3 Å². The quantitative estimate of drug-likeness (QED) is 0.314. The van der Waals surface area contributed by atoms with Gasteiger partial charge in [-0.15, -0.1) is 4.99 Å². The number of nitriles is 1. The highest BCUT2D eigenvalue weighted by atomic mass is 16.5. The molecule has 0 aliphatic heterocycles. The number of imidazole rings is 1. The van der Waals surface area contributed by atoms with Gasteiger partial charge in [-0.2, -0.15) is 5.26 Å². The van der Waals surface area contributed by atoms with E-state index < -0.39 is 0 Å². The van der Waals surface area contributed by atoms with Gasteiger partial charge in [0, 0.05) is 36.5 Å². The summed E-state index contributed by atoms with van der Waals surface area (Å²) in [6, 6.07) is 11.7. The summed E-state index contributed by atoms with van der Waals surface area (Å²) in [7, 11) is 3.32. The van der Waals surface area contributed by atoms with Gasteiger partial charge in [-0.3, -0.25) is 9.13 Å². The molecule has 0 bridgehead atoms. The molecule has 1 aliphatic carbocycles. The molecule has 0 atom stereocenters. The van der Waals surface area contributed by atoms with E-state index in [0.29, 0.717) is 18.9 Å². The van der Waals surface area contributed by atoms with Gasteiger partial charge in [0.25, 0.3) is 0 Å². The number of methoxy groups -OCH3 is 1. The van der Waals surface area contributed by atoms with Crippen molar-refractivity contribution in [1.82, 2.24) is 9.13 Å². The van der Waals surface area contributed by atoms with E-state index in [-0.39, 0.29) is 17.7 Å². The predicted molar refractivity (Wildman–Crippen MR) is 137 cm³/mol. The molecule has 4 rings (SSSR count). The van der Waals surface area contributed by atoms with Crippen molar-refractivity contribution in [2.75, 3.05) is 25.7 Å². The number of fused-ring (bicyclic) bond motifs is 1. The number of hydrogen-bond donors (Lipinski definition) is 1. The molecular formula is C26H32N6O3. The van der Waals surface area contributed by atoms with Crippen molar-refractivity contribution in [1.29, 1.82) is 5.26 Å². The molecular weight excluding hydrogens is 444 g/mol. The largest absolute Gasteiger partial charge is 0.496 e. The standard InChI is InChI=1S/C26H32N6O3/c1-4-35-21-12-13-22-23(15-21)32(19-8-6-5-7-9-19)26(33)31(22)16-18-10-11-20(14-24(18)34-3)30(2)25(28)29-17-27/h10-15,19H,4-9,16H2,1-3H3,(H2,28,29). The first kappa shape index (κ1) is 24.2. The second kappa shape index (κ2) is 10.6. The molecule has 35 heavy (non-hydrogen) atoms. The second-order valence-corrected chi connectivity index (χ2v) is 8.74. The Kier molecular flexibility index (Phi) is 7.30. The summed E-state index contributed by atoms with van der Waals surface area (Å²) in [6.45, 7) is 2.89. The summed E-state index contributed by atoms with van der Waals surface area (Å²) in [5.74, 6) is 1.47. The third-order valence-corrected chi connectivity index (χ3v) is 6.68. The van der Waals surface area contributed by atoms with Gasteiger partial charge in [0.1, 0.15) is 11.5 Å². The zero-order chi connectivity index (χ0) is 24.9. The normalized spacial score (nSPS) is 14.6. The van der Waals surface area contributed by atoms with Crippen LogP contribution < -0.4 is 25.8 Å². The van der Waals surface area contributed by atoms with Gasteiger partial charge in [0.05, 0.1) is 31.3 Å². The van der Waals surface area contributed by atoms with Crippen molar-refractivity contribution >= 4 is 22.7 Å². The summed E-state index contributed by atoms with van der Waals surface area (Å²) in [6.07, 6.45) is 7.20. The number of guanidine groups is 1. The van der Waals surface area contributed by atoms with E-state index in [4.69, 9.17) is 20.5 Å². The molecule has 9 nitrogen and oxygen atoms in total. The van der Waals surface area contributed by atoms with E-state index in [0.717, 1.165) is 53.7 Å². The third-order valence-electron chi connectivity index (χ3n) is 6.68. The summed E-state index contributed by atoms with van der Waals surface area (Å²) in [5, 5.41) is 8.79. The fraction of sp³-hybridized carbons (Fsp3) is 0.423. The molecule has 0 radical (unpaired) electrons. The topological polar surface area (TPSA) is 111 Å². The van der Waals surface area contributed by atoms with E-state index >= 15 is 0 Å². The average molecular weight is 477 g/mol. The molecule has 2 aromatic carbocycles. The highest BCUT2D eigenvalue weighted by molar-refractivity contribution is 5.95. The minimum Gasteiger partial charge on any atom is -0.496 e. The molecule has 1 fully saturated rings. The molecule has 0 saturated heterocycles. The molecule has 9 heteroatoms. The summed E-state index contributed by atoms with van der Waals surface area (Å²) >= 11 is 0. The molecule has 0 amide bonds. The van der Waals surface area contributed by atoms with Crippen LogP contribution in [0.1, 0.15) is 50.6 Å². The van der Waals surface area contributed by atoms with E-state index in [9.17, 15) is 4.79 Å². The van der Waals surface area contributed by atoms with Crippen molar-refractivity contribution in [3.05, 3.63) is 52.4 Å². The lowest BCUT2D eigenvalue weighted by Crippen LogP contribution is -2.33. The number of ether oxygens (including phenoxy) is 2. The van der Waals surface area contributed by atoms with Gasteiger partial charge in [-0.05, 0) is 38.0 Å². The third kappa shape index (κ3) is 4.83. The Bertz CT molecular complexity index is 1330. The van der Waals surface area contributed by atoms with Gasteiger partial charge >= 0.3 is 5.69 Å². The Hall–Kier alpha value is -3.93. The van der Waals surface area contributed by atoms with Crippen LogP contribution in [0, 0.1) is 11.5 Å². The van der Waals surface area contributed by atoms with Crippen molar-refractivity contribution in [2.45, 2.75) is 51.6 Å². The molecule has 1 saturated carbocycles. The van der Waals surface area contributed by atoms with Crippen LogP contribution in [0.4, 0.5) is 5.69 Å². The Morgan fingerprint density at radius 2 is 1.97 bits per heavy atom. The first-order valence-electron chi connectivity index (χ1n) is 12.0. The van der Waals surface area contributed by atoms with Crippen LogP contribution in [0.3, 0.4) is 0 Å². The zero-order valence-electron chi connectivity index (χ0n) is 20.5. The van der Waals surface area contributed by atoms with Gasteiger partial charge in [0.15, 0.2) is 0 Å². The van der Waals surface area contributed by atoms with E-state index in [1.807, 2.05) is 52.5 Å². The summed E-state index contributed by atoms with van der Waals surface area (Å²) in [5.41, 5.74) is 9.20. The van der Waals surface area contributed by atoms with Crippen molar-refractivity contribution in [3.8, 4) is 17.7 Å². The molecule has 2 N–H and O–H groups in total. The Morgan fingerprint density at radius 1 is 1.20 bits per heavy atom. The highest BCUT2D eigenvalue weighted by Crippen LogP contribution is 2.32. The fourth-order valence-electron chi connectivity index (χ4n) is 4.86. The molecule has 1 heterocycles. The summed E-state index contributed by atoms with van der Waals surface area (Å²) < 4.78 is 15.2. The van der Waals surface area contributed by atoms with Crippen molar-refractivity contribution < 1.29 is 9.47 Å². The minimum absolute atomic E-state index is 0.0193. The molecule has 3 aromatic rings. The zero-order valence-corrected chi connectivity index (χ0v) is 20.5. The molecule has 1 aliphatic rings. The van der Waals surface area contributed by atoms with Crippen LogP contribution in [-0.2, 0) is 6.54 Å². The van der Waals surface area contributed by atoms with Gasteiger partial charge in [0.2, 0.25) is 12.2 Å². The lowest BCUT2D eigenvalue weighted by molar-refractivity contribution is 0.339. The highest BCUT2D eigenvalue weighted by Gasteiger charge is 2.23. The number of nitrogens with zero attached hydrogens (tertiary/aromatic N) is 5. The molecule has 0 spiro atoms. The first-order chi connectivity index (χ1) is 17.0. The average Bonchev–Trinajstić information content (AvgIpc) is 3.15. The fourth-order valence-corrected chi connectivity index (χ4v) is 4.86. The molecule has 184 valence electrons. The van der Waals surface area contributed by atoms with Crippen LogP contribution >= 0.6 is 0 Å². The van der Waals surface area contributed by atoms with Gasteiger partial charge < -0.3 is 20.1 Å². The number of nitrogens with two attached hydrogens (primary N) is 1. The Labute approximate surface area is 205 Å². The summed E-state index contributed by atoms with van der Waals surface area (Å²) in [4.78, 5) is 19.0. The monoisotopic (exact) mass is 476 g/mol. The minimum atomic E-state index is -0.0193. The van der Waals surface area contributed by atoms with Crippen LogP contribution in [0.15, 0.2) is 46.2 Å². The predicted octanol–water partition coefficient (Wildman–Crippen LogP) is 4.00. The Balaban J connectivity index is 1.77. The smallest absolute Gasteiger partial charge is 0.329 e. The first-order valence-corrected chi connectivity index (χ1v) is 12.0. The van der Waals surface area contributed by atoms with E-state index in [1.165, 1.54) is 6.42 Å². The van der Waals surface area contributed by atoms with Crippen LogP contribution in [0.5, 0.6) is 11.5 Å². The maximum Gasteiger partial charge on any atom is 0.329 e. The van der Waals surface area contributed by atoms with Crippen LogP contribution in [-0.4, -0.2) is 35.9 Å². The van der Waals surface area contributed by atoms with Gasteiger partial charge in [-0.25, -0.2) is 4.79 Å². The number of anilines is 1.